The van der Waals surface area contributed by atoms with E-state index in [0.717, 1.165) is 0 Å². The van der Waals surface area contributed by atoms with Gasteiger partial charge in [-0.05, 0) is 40.9 Å². The highest BCUT2D eigenvalue weighted by Crippen LogP contribution is 2.25. The van der Waals surface area contributed by atoms with Crippen molar-refractivity contribution in [2.24, 2.45) is 0 Å². The molecular weight excluding hydrogens is 316 g/mol. The molecule has 1 atom stereocenters. The monoisotopic (exact) mass is 330 g/mol. The number of aliphatic hydroxyl groups is 1. The molecule has 0 aromatic heterocycles. The van der Waals surface area contributed by atoms with Crippen LogP contribution in [0.1, 0.15) is 30.1 Å². The lowest BCUT2D eigenvalue weighted by molar-refractivity contribution is -0.385. The normalized spacial score (nSPS) is 11.9. The summed E-state index contributed by atoms with van der Waals surface area (Å²) in [7, 11) is 0. The van der Waals surface area contributed by atoms with Crippen LogP contribution in [0.2, 0.25) is 0 Å². The number of nitro groups is 1. The Morgan fingerprint density at radius 1 is 1.58 bits per heavy atom. The summed E-state index contributed by atoms with van der Waals surface area (Å²) in [5.74, 6) is -0.379. The summed E-state index contributed by atoms with van der Waals surface area (Å²) in [6, 6.07) is 4.07. The Morgan fingerprint density at radius 2 is 2.26 bits per heavy atom. The highest BCUT2D eigenvalue weighted by Gasteiger charge is 2.17. The quantitative estimate of drug-likeness (QED) is 0.618. The highest BCUT2D eigenvalue weighted by molar-refractivity contribution is 9.10. The van der Waals surface area contributed by atoms with Gasteiger partial charge in [0.1, 0.15) is 0 Å². The fourth-order valence-electron chi connectivity index (χ4n) is 1.60. The van der Waals surface area contributed by atoms with Crippen molar-refractivity contribution in [3.05, 3.63) is 38.3 Å². The SMILES string of the molecule is CCC(CCO)NC(=O)c1ccc(Br)c([N+](=O)[O-])c1. The van der Waals surface area contributed by atoms with Gasteiger partial charge in [-0.3, -0.25) is 14.9 Å². The number of nitrogens with zero attached hydrogens (tertiary/aromatic N) is 1. The third kappa shape index (κ3) is 4.29. The van der Waals surface area contributed by atoms with E-state index < -0.39 is 4.92 Å². The van der Waals surface area contributed by atoms with Gasteiger partial charge in [0.25, 0.3) is 11.6 Å². The topological polar surface area (TPSA) is 92.5 Å². The number of nitrogens with one attached hydrogen (secondary N) is 1. The Kier molecular flexibility index (Phi) is 5.91. The first-order valence-corrected chi connectivity index (χ1v) is 6.64. The molecule has 0 saturated carbocycles. The summed E-state index contributed by atoms with van der Waals surface area (Å²) in [5, 5.41) is 22.4. The molecule has 1 aromatic carbocycles. The Bertz CT molecular complexity index is 479. The fourth-order valence-corrected chi connectivity index (χ4v) is 1.99. The van der Waals surface area contributed by atoms with Crippen LogP contribution in [0.5, 0.6) is 0 Å². The Hall–Kier alpha value is -1.47. The molecule has 19 heavy (non-hydrogen) atoms. The van der Waals surface area contributed by atoms with Crippen LogP contribution in [0.3, 0.4) is 0 Å². The van der Waals surface area contributed by atoms with Gasteiger partial charge in [0, 0.05) is 24.3 Å². The van der Waals surface area contributed by atoms with Crippen LogP contribution < -0.4 is 5.32 Å². The minimum absolute atomic E-state index is 0.0146. The van der Waals surface area contributed by atoms with Crippen molar-refractivity contribution in [1.82, 2.24) is 5.32 Å². The molecule has 0 aliphatic heterocycles. The average Bonchev–Trinajstić information content (AvgIpc) is 2.38. The summed E-state index contributed by atoms with van der Waals surface area (Å²) in [6.45, 7) is 1.88. The molecule has 1 unspecified atom stereocenters. The lowest BCUT2D eigenvalue weighted by Crippen LogP contribution is -2.35. The first kappa shape index (κ1) is 15.6. The summed E-state index contributed by atoms with van der Waals surface area (Å²) in [4.78, 5) is 22.2. The second kappa shape index (κ2) is 7.20. The van der Waals surface area contributed by atoms with E-state index in [-0.39, 0.29) is 29.8 Å². The number of hydrogen-bond acceptors (Lipinski definition) is 4. The molecule has 0 spiro atoms. The maximum absolute atomic E-state index is 11.9. The second-order valence-corrected chi connectivity index (χ2v) is 4.87. The lowest BCUT2D eigenvalue weighted by atomic mass is 10.1. The number of hydrogen-bond donors (Lipinski definition) is 2. The van der Waals surface area contributed by atoms with Gasteiger partial charge in [-0.25, -0.2) is 0 Å². The fraction of sp³-hybridized carbons (Fsp3) is 0.417. The highest BCUT2D eigenvalue weighted by atomic mass is 79.9. The van der Waals surface area contributed by atoms with Crippen LogP contribution in [0.15, 0.2) is 22.7 Å². The number of nitro benzene ring substituents is 1. The summed E-state index contributed by atoms with van der Waals surface area (Å²) >= 11 is 3.06. The standard InChI is InChI=1S/C12H15BrN2O4/c1-2-9(5-6-16)14-12(17)8-3-4-10(13)11(7-8)15(18)19/h3-4,7,9,16H,2,5-6H2,1H3,(H,14,17). The number of carbonyl (C=O) groups is 1. The van der Waals surface area contributed by atoms with Gasteiger partial charge in [0.2, 0.25) is 0 Å². The van der Waals surface area contributed by atoms with Crippen molar-refractivity contribution in [3.8, 4) is 0 Å². The van der Waals surface area contributed by atoms with E-state index in [1.54, 1.807) is 0 Å². The second-order valence-electron chi connectivity index (χ2n) is 4.01. The predicted octanol–water partition coefficient (Wildman–Crippen LogP) is 2.25. The number of aliphatic hydroxyl groups excluding tert-OH is 1. The zero-order valence-electron chi connectivity index (χ0n) is 10.4. The van der Waals surface area contributed by atoms with Crippen LogP contribution in [-0.4, -0.2) is 28.6 Å². The molecule has 0 radical (unpaired) electrons. The Morgan fingerprint density at radius 3 is 2.79 bits per heavy atom. The summed E-state index contributed by atoms with van der Waals surface area (Å²) in [5.41, 5.74) is 0.0779. The van der Waals surface area contributed by atoms with Crippen molar-refractivity contribution in [2.45, 2.75) is 25.8 Å². The van der Waals surface area contributed by atoms with E-state index in [9.17, 15) is 14.9 Å². The van der Waals surface area contributed by atoms with Gasteiger partial charge in [-0.2, -0.15) is 0 Å². The van der Waals surface area contributed by atoms with Gasteiger partial charge in [0.05, 0.1) is 9.40 Å². The summed E-state index contributed by atoms with van der Waals surface area (Å²) in [6.07, 6.45) is 1.14. The molecule has 1 rings (SSSR count). The van der Waals surface area contributed by atoms with E-state index in [2.05, 4.69) is 21.2 Å². The smallest absolute Gasteiger partial charge is 0.284 e. The first-order chi connectivity index (χ1) is 8.99. The van der Waals surface area contributed by atoms with Crippen molar-refractivity contribution < 1.29 is 14.8 Å². The van der Waals surface area contributed by atoms with Gasteiger partial charge in [-0.1, -0.05) is 6.92 Å². The number of amides is 1. The zero-order chi connectivity index (χ0) is 14.4. The molecule has 1 aromatic rings. The largest absolute Gasteiger partial charge is 0.396 e. The molecule has 7 heteroatoms. The molecule has 0 heterocycles. The van der Waals surface area contributed by atoms with E-state index in [0.29, 0.717) is 17.3 Å². The molecule has 0 aliphatic carbocycles. The van der Waals surface area contributed by atoms with E-state index in [4.69, 9.17) is 5.11 Å². The van der Waals surface area contributed by atoms with Gasteiger partial charge in [-0.15, -0.1) is 0 Å². The maximum atomic E-state index is 11.9. The van der Waals surface area contributed by atoms with Crippen LogP contribution >= 0.6 is 15.9 Å². The van der Waals surface area contributed by atoms with Crippen LogP contribution in [0.4, 0.5) is 5.69 Å². The first-order valence-electron chi connectivity index (χ1n) is 5.85. The van der Waals surface area contributed by atoms with Crippen molar-refractivity contribution >= 4 is 27.5 Å². The number of rotatable bonds is 6. The number of halogens is 1. The lowest BCUT2D eigenvalue weighted by Gasteiger charge is -2.15. The minimum Gasteiger partial charge on any atom is -0.396 e. The Labute approximate surface area is 119 Å². The van der Waals surface area contributed by atoms with E-state index >= 15 is 0 Å². The molecule has 0 aliphatic rings. The van der Waals surface area contributed by atoms with Gasteiger partial charge >= 0.3 is 0 Å². The molecule has 1 amide bonds. The van der Waals surface area contributed by atoms with E-state index in [1.807, 2.05) is 6.92 Å². The van der Waals surface area contributed by atoms with Crippen molar-refractivity contribution in [1.29, 1.82) is 0 Å². The van der Waals surface area contributed by atoms with Gasteiger partial charge in [0.15, 0.2) is 0 Å². The van der Waals surface area contributed by atoms with Crippen molar-refractivity contribution in [3.63, 3.8) is 0 Å². The molecule has 0 bridgehead atoms. The van der Waals surface area contributed by atoms with Crippen LogP contribution in [0, 0.1) is 10.1 Å². The molecule has 0 saturated heterocycles. The molecule has 6 nitrogen and oxygen atoms in total. The molecule has 2 N–H and O–H groups in total. The van der Waals surface area contributed by atoms with Crippen molar-refractivity contribution in [2.75, 3.05) is 6.61 Å². The third-order valence-corrected chi connectivity index (χ3v) is 3.38. The molecule has 104 valence electrons. The number of carbonyl (C=O) groups excluding carboxylic acids is 1. The van der Waals surface area contributed by atoms with Gasteiger partial charge < -0.3 is 10.4 Å². The zero-order valence-corrected chi connectivity index (χ0v) is 12.0. The maximum Gasteiger partial charge on any atom is 0.284 e. The minimum atomic E-state index is -0.550. The molecular formula is C12H15BrN2O4. The summed E-state index contributed by atoms with van der Waals surface area (Å²) < 4.78 is 0.330. The van der Waals surface area contributed by atoms with Crippen LogP contribution in [0.25, 0.3) is 0 Å². The van der Waals surface area contributed by atoms with E-state index in [1.165, 1.54) is 18.2 Å². The predicted molar refractivity (Wildman–Crippen MR) is 74.0 cm³/mol. The third-order valence-electron chi connectivity index (χ3n) is 2.71. The van der Waals surface area contributed by atoms with Crippen LogP contribution in [-0.2, 0) is 0 Å². The molecule has 0 fully saturated rings. The Balaban J connectivity index is 2.88. The average molecular weight is 331 g/mol. The number of benzene rings is 1.